The van der Waals surface area contributed by atoms with Crippen molar-refractivity contribution in [3.05, 3.63) is 53.9 Å². The Morgan fingerprint density at radius 1 is 1.25 bits per heavy atom. The number of benzene rings is 1. The van der Waals surface area contributed by atoms with Crippen LogP contribution in [0.3, 0.4) is 0 Å². The highest BCUT2D eigenvalue weighted by Gasteiger charge is 2.35. The standard InChI is InChI=1S/C17H17N5O2/c1-11-15(18-10-24-11)16-20-19-14-9-21(2)17(23)13(22(14)16)8-12-6-4-3-5-7-12/h3-7,10,13H,8-9H2,1-2H3/t13-/m0/s1. The van der Waals surface area contributed by atoms with Gasteiger partial charge in [-0.2, -0.15) is 0 Å². The average molecular weight is 323 g/mol. The molecule has 7 nitrogen and oxygen atoms in total. The molecule has 122 valence electrons. The molecule has 2 aromatic heterocycles. The van der Waals surface area contributed by atoms with Crippen LogP contribution in [0, 0.1) is 6.92 Å². The van der Waals surface area contributed by atoms with Crippen LogP contribution in [-0.2, 0) is 17.8 Å². The quantitative estimate of drug-likeness (QED) is 0.737. The second-order valence-corrected chi connectivity index (χ2v) is 5.97. The van der Waals surface area contributed by atoms with Crippen molar-refractivity contribution in [2.75, 3.05) is 7.05 Å². The molecule has 0 spiro atoms. The number of carbonyl (C=O) groups excluding carboxylic acids is 1. The van der Waals surface area contributed by atoms with Crippen LogP contribution in [0.4, 0.5) is 0 Å². The molecule has 1 amide bonds. The minimum Gasteiger partial charge on any atom is -0.448 e. The molecule has 1 aliphatic heterocycles. The minimum atomic E-state index is -0.387. The number of amides is 1. The second-order valence-electron chi connectivity index (χ2n) is 5.97. The number of hydrogen-bond acceptors (Lipinski definition) is 5. The molecule has 0 unspecified atom stereocenters. The third kappa shape index (κ3) is 2.29. The number of nitrogens with zero attached hydrogens (tertiary/aromatic N) is 5. The van der Waals surface area contributed by atoms with E-state index in [1.165, 1.54) is 6.39 Å². The molecule has 3 heterocycles. The third-order valence-corrected chi connectivity index (χ3v) is 4.35. The van der Waals surface area contributed by atoms with Crippen molar-refractivity contribution in [2.24, 2.45) is 0 Å². The molecular weight excluding hydrogens is 306 g/mol. The van der Waals surface area contributed by atoms with Crippen molar-refractivity contribution in [2.45, 2.75) is 25.9 Å². The molecule has 4 rings (SSSR count). The molecule has 0 saturated heterocycles. The van der Waals surface area contributed by atoms with E-state index in [0.717, 1.165) is 11.4 Å². The van der Waals surface area contributed by atoms with Crippen LogP contribution in [0.25, 0.3) is 11.5 Å². The Morgan fingerprint density at radius 2 is 2.04 bits per heavy atom. The van der Waals surface area contributed by atoms with E-state index in [-0.39, 0.29) is 11.9 Å². The van der Waals surface area contributed by atoms with Gasteiger partial charge in [-0.25, -0.2) is 4.98 Å². The summed E-state index contributed by atoms with van der Waals surface area (Å²) in [4.78, 5) is 18.7. The van der Waals surface area contributed by atoms with Crippen molar-refractivity contribution in [3.63, 3.8) is 0 Å². The Kier molecular flexibility index (Phi) is 3.41. The molecule has 0 fully saturated rings. The first-order valence-corrected chi connectivity index (χ1v) is 7.78. The number of aryl methyl sites for hydroxylation is 1. The maximum absolute atomic E-state index is 12.8. The lowest BCUT2D eigenvalue weighted by Crippen LogP contribution is -2.41. The summed E-state index contributed by atoms with van der Waals surface area (Å²) in [5.74, 6) is 2.05. The van der Waals surface area contributed by atoms with Gasteiger partial charge in [-0.3, -0.25) is 9.36 Å². The fourth-order valence-corrected chi connectivity index (χ4v) is 3.11. The van der Waals surface area contributed by atoms with Gasteiger partial charge in [-0.1, -0.05) is 30.3 Å². The van der Waals surface area contributed by atoms with Crippen molar-refractivity contribution >= 4 is 5.91 Å². The fraction of sp³-hybridized carbons (Fsp3) is 0.294. The lowest BCUT2D eigenvalue weighted by Gasteiger charge is -2.31. The first kappa shape index (κ1) is 14.6. The van der Waals surface area contributed by atoms with Crippen LogP contribution in [0.1, 0.15) is 23.2 Å². The summed E-state index contributed by atoms with van der Waals surface area (Å²) in [6.45, 7) is 2.26. The highest BCUT2D eigenvalue weighted by Crippen LogP contribution is 2.30. The minimum absolute atomic E-state index is 0.0496. The normalized spacial score (nSPS) is 17.2. The van der Waals surface area contributed by atoms with E-state index < -0.39 is 0 Å². The van der Waals surface area contributed by atoms with E-state index in [1.807, 2.05) is 41.8 Å². The zero-order valence-electron chi connectivity index (χ0n) is 13.5. The monoisotopic (exact) mass is 323 g/mol. The molecule has 7 heteroatoms. The predicted molar refractivity (Wildman–Crippen MR) is 85.9 cm³/mol. The van der Waals surface area contributed by atoms with E-state index >= 15 is 0 Å². The van der Waals surface area contributed by atoms with Gasteiger partial charge in [0.2, 0.25) is 5.91 Å². The maximum atomic E-state index is 12.8. The number of rotatable bonds is 3. The molecule has 0 bridgehead atoms. The van der Waals surface area contributed by atoms with Crippen LogP contribution < -0.4 is 0 Å². The number of likely N-dealkylation sites (N-methyl/N-ethyl adjacent to an activating group) is 1. The highest BCUT2D eigenvalue weighted by molar-refractivity contribution is 5.82. The molecule has 0 saturated carbocycles. The van der Waals surface area contributed by atoms with Gasteiger partial charge < -0.3 is 9.32 Å². The highest BCUT2D eigenvalue weighted by atomic mass is 16.3. The summed E-state index contributed by atoms with van der Waals surface area (Å²) >= 11 is 0. The van der Waals surface area contributed by atoms with Crippen LogP contribution in [0.2, 0.25) is 0 Å². The van der Waals surface area contributed by atoms with E-state index in [9.17, 15) is 4.79 Å². The molecule has 1 atom stereocenters. The summed E-state index contributed by atoms with van der Waals surface area (Å²) < 4.78 is 7.20. The topological polar surface area (TPSA) is 77.0 Å². The Hall–Kier alpha value is -2.96. The smallest absolute Gasteiger partial charge is 0.246 e. The van der Waals surface area contributed by atoms with Crippen LogP contribution in [0.5, 0.6) is 0 Å². The average Bonchev–Trinajstić information content (AvgIpc) is 3.18. The lowest BCUT2D eigenvalue weighted by atomic mass is 10.0. The molecule has 1 aromatic carbocycles. The fourth-order valence-electron chi connectivity index (χ4n) is 3.11. The van der Waals surface area contributed by atoms with Crippen molar-refractivity contribution in [3.8, 4) is 11.5 Å². The van der Waals surface area contributed by atoms with Gasteiger partial charge in [-0.15, -0.1) is 10.2 Å². The van der Waals surface area contributed by atoms with Crippen molar-refractivity contribution in [1.29, 1.82) is 0 Å². The van der Waals surface area contributed by atoms with Crippen LogP contribution >= 0.6 is 0 Å². The van der Waals surface area contributed by atoms with Gasteiger partial charge in [-0.05, 0) is 12.5 Å². The van der Waals surface area contributed by atoms with E-state index in [4.69, 9.17) is 4.42 Å². The Bertz CT molecular complexity index is 884. The summed E-state index contributed by atoms with van der Waals surface area (Å²) in [6.07, 6.45) is 1.97. The molecule has 0 N–H and O–H groups in total. The number of aromatic nitrogens is 4. The summed E-state index contributed by atoms with van der Waals surface area (Å²) in [7, 11) is 1.79. The van der Waals surface area contributed by atoms with Crippen molar-refractivity contribution in [1.82, 2.24) is 24.6 Å². The van der Waals surface area contributed by atoms with Crippen LogP contribution in [-0.4, -0.2) is 37.6 Å². The van der Waals surface area contributed by atoms with Crippen LogP contribution in [0.15, 0.2) is 41.1 Å². The Balaban J connectivity index is 1.82. The van der Waals surface area contributed by atoms with Crippen molar-refractivity contribution < 1.29 is 9.21 Å². The van der Waals surface area contributed by atoms with Gasteiger partial charge in [0.15, 0.2) is 18.0 Å². The Labute approximate surface area is 138 Å². The SMILES string of the molecule is Cc1ocnc1-c1nnc2n1[C@@H](Cc1ccccc1)C(=O)N(C)C2. The third-order valence-electron chi connectivity index (χ3n) is 4.35. The van der Waals surface area contributed by atoms with E-state index in [1.54, 1.807) is 11.9 Å². The first-order valence-electron chi connectivity index (χ1n) is 7.78. The number of fused-ring (bicyclic) bond motifs is 1. The van der Waals surface area contributed by atoms with E-state index in [2.05, 4.69) is 15.2 Å². The van der Waals surface area contributed by atoms with Gasteiger partial charge in [0, 0.05) is 13.5 Å². The van der Waals surface area contributed by atoms with Gasteiger partial charge >= 0.3 is 0 Å². The number of hydrogen-bond donors (Lipinski definition) is 0. The van der Waals surface area contributed by atoms with Gasteiger partial charge in [0.25, 0.3) is 0 Å². The molecule has 3 aromatic rings. The maximum Gasteiger partial charge on any atom is 0.246 e. The largest absolute Gasteiger partial charge is 0.448 e. The zero-order chi connectivity index (χ0) is 16.7. The second kappa shape index (κ2) is 5.59. The summed E-state index contributed by atoms with van der Waals surface area (Å²) in [5, 5.41) is 8.54. The molecule has 24 heavy (non-hydrogen) atoms. The first-order chi connectivity index (χ1) is 11.6. The lowest BCUT2D eigenvalue weighted by molar-refractivity contribution is -0.135. The molecule has 0 aliphatic carbocycles. The molecule has 0 radical (unpaired) electrons. The number of carbonyl (C=O) groups is 1. The molecular formula is C17H17N5O2. The van der Waals surface area contributed by atoms with E-state index in [0.29, 0.717) is 30.2 Å². The Morgan fingerprint density at radius 3 is 2.75 bits per heavy atom. The number of oxazole rings is 1. The van der Waals surface area contributed by atoms with Gasteiger partial charge in [0.05, 0.1) is 6.54 Å². The zero-order valence-corrected chi connectivity index (χ0v) is 13.5. The van der Waals surface area contributed by atoms with Gasteiger partial charge in [0.1, 0.15) is 17.5 Å². The summed E-state index contributed by atoms with van der Waals surface area (Å²) in [6, 6.07) is 9.57. The molecule has 1 aliphatic rings. The summed E-state index contributed by atoms with van der Waals surface area (Å²) in [5.41, 5.74) is 1.72. The predicted octanol–water partition coefficient (Wildman–Crippen LogP) is 2.00.